The van der Waals surface area contributed by atoms with E-state index in [1.165, 1.54) is 62.2 Å². The van der Waals surface area contributed by atoms with Crippen molar-refractivity contribution >= 4 is 32.7 Å². The summed E-state index contributed by atoms with van der Waals surface area (Å²) in [7, 11) is -1.55. The van der Waals surface area contributed by atoms with Crippen LogP contribution in [0.4, 0.5) is 0 Å². The second-order valence-electron chi connectivity index (χ2n) is 12.2. The molecule has 2 nitrogen and oxygen atoms in total. The maximum atomic E-state index is 6.08. The number of benzene rings is 2. The number of halogens is 1. The van der Waals surface area contributed by atoms with E-state index in [0.29, 0.717) is 12.0 Å². The van der Waals surface area contributed by atoms with Gasteiger partial charge in [-0.25, -0.2) is 0 Å². The molecular weight excluding hydrogens is 540 g/mol. The van der Waals surface area contributed by atoms with Crippen molar-refractivity contribution in [1.29, 1.82) is 0 Å². The van der Waals surface area contributed by atoms with Gasteiger partial charge in [-0.05, 0) is 106 Å². The summed E-state index contributed by atoms with van der Waals surface area (Å²) in [4.78, 5) is 3.83. The van der Waals surface area contributed by atoms with E-state index in [2.05, 4.69) is 97.3 Å². The summed E-state index contributed by atoms with van der Waals surface area (Å²) in [6.07, 6.45) is 12.6. The fourth-order valence-electron chi connectivity index (χ4n) is 5.62. The molecule has 2 aromatic carbocycles. The molecule has 1 heterocycles. The van der Waals surface area contributed by atoms with E-state index in [9.17, 15) is 0 Å². The summed E-state index contributed by atoms with van der Waals surface area (Å²) >= 11 is 6.08. The van der Waals surface area contributed by atoms with Gasteiger partial charge in [0.2, 0.25) is 0 Å². The fourth-order valence-corrected chi connectivity index (χ4v) is 7.91. The van der Waals surface area contributed by atoms with Gasteiger partial charge in [0.1, 0.15) is 0 Å². The lowest BCUT2D eigenvalue weighted by molar-refractivity contribution is 0.209. The highest BCUT2D eigenvalue weighted by Gasteiger charge is 2.30. The van der Waals surface area contributed by atoms with Gasteiger partial charge in [0.05, 0.1) is 0 Å². The van der Waals surface area contributed by atoms with Gasteiger partial charge >= 0.3 is 0 Å². The zero-order valence-electron chi connectivity index (χ0n) is 26.4. The Kier molecular flexibility index (Phi) is 16.1. The van der Waals surface area contributed by atoms with Crippen LogP contribution in [0, 0.1) is 17.8 Å². The van der Waals surface area contributed by atoms with Crippen molar-refractivity contribution in [1.82, 2.24) is 9.21 Å². The second kappa shape index (κ2) is 18.7. The molecule has 2 fully saturated rings. The lowest BCUT2D eigenvalue weighted by Crippen LogP contribution is -2.41. The van der Waals surface area contributed by atoms with Gasteiger partial charge in [0.25, 0.3) is 0 Å². The Bertz CT molecular complexity index is 1100. The fraction of sp³-hybridized carbons (Fsp3) is 0.514. The summed E-state index contributed by atoms with van der Waals surface area (Å²) in [6, 6.07) is 19.3. The number of nitrogens with zero attached hydrogens (tertiary/aromatic N) is 2. The van der Waals surface area contributed by atoms with Crippen LogP contribution in [0.1, 0.15) is 71.8 Å². The number of rotatable bonds is 12. The van der Waals surface area contributed by atoms with Crippen LogP contribution in [0.3, 0.4) is 0 Å². The average molecular weight is 597 g/mol. The largest absolute Gasteiger partial charge is 0.303 e. The smallest absolute Gasteiger partial charge is 0.0406 e. The summed E-state index contributed by atoms with van der Waals surface area (Å²) < 4.78 is 2.56. The van der Waals surface area contributed by atoms with Gasteiger partial charge in [-0.1, -0.05) is 86.6 Å². The first-order valence-corrected chi connectivity index (χ1v) is 17.9. The minimum absolute atomic E-state index is 0.472. The molecule has 0 N–H and O–H groups in total. The molecule has 4 heteroatoms. The highest BCUT2D eigenvalue weighted by molar-refractivity contribution is 8.25. The summed E-state index contributed by atoms with van der Waals surface area (Å²) in [5, 5.41) is 0.757. The summed E-state index contributed by atoms with van der Waals surface area (Å²) in [5.74, 6) is 11.7. The van der Waals surface area contributed by atoms with Crippen molar-refractivity contribution in [2.24, 2.45) is 17.8 Å². The Morgan fingerprint density at radius 3 is 2.12 bits per heavy atom. The second-order valence-corrected chi connectivity index (χ2v) is 15.3. The standard InChI is InChI=1S/C23H28ClNS.C11H23N.C3H6/c1-4-8-22-14-11-20(17-19-9-6-5-7-10-19)18-25(22)26(2,3)23-15-12-21(24)13-16-23;1-4-7-12(8-10(2)3)9-11-5-6-11;1-3-2/h4-7,9-10,12-13,15-16,20,22H,1-3,8,11,14,17-18H2;10-11H,4-9H2,1-3H3;3H,1H2,2H3/t20-,22-;;/m0../s1. The van der Waals surface area contributed by atoms with Gasteiger partial charge in [0.15, 0.2) is 0 Å². The number of hydrogen-bond donors (Lipinski definition) is 0. The SMILES string of the molecule is C=CC.C=CC[C@H]1CC[C@@H](Cc2ccccc2)CN1S(=C)(=C)c1ccc(Cl)cc1.CCCN(CC(C)C)CC1CC1. The molecule has 0 bridgehead atoms. The molecule has 41 heavy (non-hydrogen) atoms. The van der Waals surface area contributed by atoms with Crippen LogP contribution in [0.25, 0.3) is 0 Å². The van der Waals surface area contributed by atoms with Crippen molar-refractivity contribution in [3.8, 4) is 0 Å². The molecule has 1 saturated carbocycles. The molecular formula is C37H57ClN2S. The summed E-state index contributed by atoms with van der Waals surface area (Å²) in [6.45, 7) is 21.1. The Balaban J connectivity index is 0.000000327. The van der Waals surface area contributed by atoms with Crippen LogP contribution in [0.2, 0.25) is 5.02 Å². The van der Waals surface area contributed by atoms with Crippen LogP contribution in [0.15, 0.2) is 84.8 Å². The van der Waals surface area contributed by atoms with E-state index in [0.717, 1.165) is 36.2 Å². The first-order valence-electron chi connectivity index (χ1n) is 15.6. The van der Waals surface area contributed by atoms with Crippen LogP contribution in [-0.4, -0.2) is 53.2 Å². The summed E-state index contributed by atoms with van der Waals surface area (Å²) in [5.41, 5.74) is 1.42. The van der Waals surface area contributed by atoms with E-state index >= 15 is 0 Å². The van der Waals surface area contributed by atoms with Crippen LogP contribution in [-0.2, 0) is 6.42 Å². The molecule has 1 aliphatic carbocycles. The molecule has 2 atom stereocenters. The lowest BCUT2D eigenvalue weighted by atomic mass is 9.88. The average Bonchev–Trinajstić information content (AvgIpc) is 3.75. The van der Waals surface area contributed by atoms with Gasteiger partial charge in [-0.3, -0.25) is 4.31 Å². The minimum atomic E-state index is -1.55. The molecule has 2 aromatic rings. The first-order chi connectivity index (χ1) is 19.6. The van der Waals surface area contributed by atoms with Crippen molar-refractivity contribution in [2.75, 3.05) is 26.2 Å². The maximum Gasteiger partial charge on any atom is 0.0406 e. The molecule has 4 rings (SSSR count). The Labute approximate surface area is 259 Å². The highest BCUT2D eigenvalue weighted by atomic mass is 35.5. The third-order valence-electron chi connectivity index (χ3n) is 7.64. The number of allylic oxidation sites excluding steroid dienone is 1. The third kappa shape index (κ3) is 13.0. The quantitative estimate of drug-likeness (QED) is 0.178. The van der Waals surface area contributed by atoms with Gasteiger partial charge in [-0.15, -0.1) is 22.6 Å². The predicted molar refractivity (Wildman–Crippen MR) is 190 cm³/mol. The molecule has 2 aliphatic rings. The van der Waals surface area contributed by atoms with Crippen molar-refractivity contribution in [2.45, 2.75) is 83.6 Å². The maximum absolute atomic E-state index is 6.08. The van der Waals surface area contributed by atoms with Crippen LogP contribution < -0.4 is 0 Å². The normalized spacial score (nSPS) is 19.1. The molecule has 0 spiro atoms. The van der Waals surface area contributed by atoms with E-state index in [-0.39, 0.29) is 0 Å². The Morgan fingerprint density at radius 1 is 0.976 bits per heavy atom. The van der Waals surface area contributed by atoms with Gasteiger partial charge in [-0.2, -0.15) is 0 Å². The lowest BCUT2D eigenvalue weighted by Gasteiger charge is -2.44. The zero-order chi connectivity index (χ0) is 30.3. The Hall–Kier alpha value is -1.78. The van der Waals surface area contributed by atoms with Crippen LogP contribution in [0.5, 0.6) is 0 Å². The molecule has 228 valence electrons. The molecule has 0 radical (unpaired) electrons. The van der Waals surface area contributed by atoms with Gasteiger partial charge in [0, 0.05) is 35.6 Å². The highest BCUT2D eigenvalue weighted by Crippen LogP contribution is 2.43. The number of piperidine rings is 1. The van der Waals surface area contributed by atoms with E-state index in [1.54, 1.807) is 6.08 Å². The van der Waals surface area contributed by atoms with Crippen molar-refractivity contribution in [3.63, 3.8) is 0 Å². The minimum Gasteiger partial charge on any atom is -0.303 e. The molecule has 0 unspecified atom stereocenters. The third-order valence-corrected chi connectivity index (χ3v) is 10.4. The predicted octanol–water partition coefficient (Wildman–Crippen LogP) is 10.1. The number of hydrogen-bond acceptors (Lipinski definition) is 2. The van der Waals surface area contributed by atoms with Crippen molar-refractivity contribution in [3.05, 3.63) is 90.5 Å². The molecule has 1 aliphatic heterocycles. The molecule has 0 amide bonds. The topological polar surface area (TPSA) is 6.48 Å². The van der Waals surface area contributed by atoms with E-state index < -0.39 is 9.39 Å². The monoisotopic (exact) mass is 596 g/mol. The van der Waals surface area contributed by atoms with Crippen LogP contribution >= 0.6 is 21.0 Å². The van der Waals surface area contributed by atoms with Gasteiger partial charge < -0.3 is 4.90 Å². The first kappa shape index (κ1) is 35.4. The molecule has 0 aromatic heterocycles. The zero-order valence-corrected chi connectivity index (χ0v) is 28.0. The van der Waals surface area contributed by atoms with E-state index in [1.807, 2.05) is 25.1 Å². The van der Waals surface area contributed by atoms with E-state index in [4.69, 9.17) is 11.6 Å². The van der Waals surface area contributed by atoms with Crippen molar-refractivity contribution < 1.29 is 0 Å². The Morgan fingerprint density at radius 2 is 1.59 bits per heavy atom. The molecule has 1 saturated heterocycles.